The zero-order valence-corrected chi connectivity index (χ0v) is 18.6. The summed E-state index contributed by atoms with van der Waals surface area (Å²) in [5.74, 6) is -0.592. The number of carbonyl (C=O) groups excluding carboxylic acids is 2. The number of nitrogens with zero attached hydrogens (tertiary/aromatic N) is 2. The first-order valence-corrected chi connectivity index (χ1v) is 10.4. The largest absolute Gasteiger partial charge is 0.507 e. The van der Waals surface area contributed by atoms with Crippen LogP contribution >= 0.6 is 0 Å². The number of Topliss-reactive ketones (excluding diaryl/α,β-unsaturated/α-hetero) is 1. The van der Waals surface area contributed by atoms with Crippen LogP contribution in [0.25, 0.3) is 5.76 Å². The number of hydrogen-bond donors (Lipinski definition) is 1. The SMILES string of the molecule is COc1ccc(CN2C(=O)C(=O)/C(=C(/O)c3cc(C)ccc3OC)C2c2ccncc2)cc1. The van der Waals surface area contributed by atoms with E-state index in [1.165, 1.54) is 12.0 Å². The monoisotopic (exact) mass is 444 g/mol. The molecule has 0 bridgehead atoms. The predicted octanol–water partition coefficient (Wildman–Crippen LogP) is 4.03. The van der Waals surface area contributed by atoms with Gasteiger partial charge in [-0.1, -0.05) is 23.8 Å². The number of pyridine rings is 1. The molecule has 2 heterocycles. The first-order chi connectivity index (χ1) is 15.9. The molecule has 0 saturated carbocycles. The molecule has 7 nitrogen and oxygen atoms in total. The fourth-order valence-electron chi connectivity index (χ4n) is 4.01. The Labute approximate surface area is 191 Å². The second-order valence-electron chi connectivity index (χ2n) is 7.76. The zero-order chi connectivity index (χ0) is 23.5. The molecular formula is C26H24N2O5. The fraction of sp³-hybridized carbons (Fsp3) is 0.192. The number of ether oxygens (including phenoxy) is 2. The Hall–Kier alpha value is -4.13. The van der Waals surface area contributed by atoms with Gasteiger partial charge in [-0.25, -0.2) is 0 Å². The third-order valence-corrected chi connectivity index (χ3v) is 5.68. The number of aliphatic hydroxyl groups is 1. The average Bonchev–Trinajstić information content (AvgIpc) is 3.09. The van der Waals surface area contributed by atoms with Gasteiger partial charge in [0.2, 0.25) is 0 Å². The summed E-state index contributed by atoms with van der Waals surface area (Å²) in [5, 5.41) is 11.3. The molecule has 1 aromatic heterocycles. The fourth-order valence-corrected chi connectivity index (χ4v) is 4.01. The third-order valence-electron chi connectivity index (χ3n) is 5.68. The molecule has 1 aliphatic heterocycles. The first-order valence-electron chi connectivity index (χ1n) is 10.4. The molecule has 0 spiro atoms. The number of rotatable bonds is 6. The Bertz CT molecular complexity index is 1220. The zero-order valence-electron chi connectivity index (χ0n) is 18.6. The van der Waals surface area contributed by atoms with Gasteiger partial charge >= 0.3 is 0 Å². The van der Waals surface area contributed by atoms with E-state index in [0.717, 1.165) is 11.1 Å². The van der Waals surface area contributed by atoms with Crippen LogP contribution in [0.5, 0.6) is 11.5 Å². The van der Waals surface area contributed by atoms with Crippen LogP contribution in [0.2, 0.25) is 0 Å². The van der Waals surface area contributed by atoms with Crippen molar-refractivity contribution in [3.63, 3.8) is 0 Å². The second-order valence-corrected chi connectivity index (χ2v) is 7.76. The lowest BCUT2D eigenvalue weighted by Crippen LogP contribution is -2.29. The molecule has 33 heavy (non-hydrogen) atoms. The van der Waals surface area contributed by atoms with E-state index in [2.05, 4.69) is 4.98 Å². The van der Waals surface area contributed by atoms with Crippen molar-refractivity contribution in [3.8, 4) is 11.5 Å². The van der Waals surface area contributed by atoms with Crippen LogP contribution < -0.4 is 9.47 Å². The van der Waals surface area contributed by atoms with Crippen molar-refractivity contribution >= 4 is 17.4 Å². The summed E-state index contributed by atoms with van der Waals surface area (Å²) >= 11 is 0. The van der Waals surface area contributed by atoms with E-state index in [1.807, 2.05) is 25.1 Å². The molecule has 1 atom stereocenters. The molecule has 1 amide bonds. The van der Waals surface area contributed by atoms with Crippen LogP contribution in [0.3, 0.4) is 0 Å². The number of amides is 1. The smallest absolute Gasteiger partial charge is 0.295 e. The van der Waals surface area contributed by atoms with Crippen LogP contribution in [0.15, 0.2) is 72.6 Å². The van der Waals surface area contributed by atoms with Gasteiger partial charge in [-0.2, -0.15) is 0 Å². The van der Waals surface area contributed by atoms with E-state index in [0.29, 0.717) is 22.6 Å². The molecular weight excluding hydrogens is 420 g/mol. The Kier molecular flexibility index (Phi) is 6.13. The van der Waals surface area contributed by atoms with Gasteiger partial charge < -0.3 is 19.5 Å². The van der Waals surface area contributed by atoms with Crippen molar-refractivity contribution in [3.05, 3.63) is 94.8 Å². The molecule has 1 saturated heterocycles. The van der Waals surface area contributed by atoms with Gasteiger partial charge in [0.05, 0.1) is 31.4 Å². The molecule has 3 aromatic rings. The predicted molar refractivity (Wildman–Crippen MR) is 123 cm³/mol. The minimum atomic E-state index is -0.777. The highest BCUT2D eigenvalue weighted by Crippen LogP contribution is 2.41. The van der Waals surface area contributed by atoms with E-state index in [1.54, 1.807) is 55.9 Å². The Morgan fingerprint density at radius 2 is 1.70 bits per heavy atom. The number of methoxy groups -OCH3 is 2. The summed E-state index contributed by atoms with van der Waals surface area (Å²) in [6, 6.07) is 15.3. The van der Waals surface area contributed by atoms with Gasteiger partial charge in [-0.15, -0.1) is 0 Å². The number of benzene rings is 2. The lowest BCUT2D eigenvalue weighted by molar-refractivity contribution is -0.140. The molecule has 1 N–H and O–H groups in total. The van der Waals surface area contributed by atoms with Crippen molar-refractivity contribution < 1.29 is 24.2 Å². The lowest BCUT2D eigenvalue weighted by Gasteiger charge is -2.25. The third kappa shape index (κ3) is 4.17. The van der Waals surface area contributed by atoms with Gasteiger partial charge in [-0.3, -0.25) is 14.6 Å². The molecule has 0 aliphatic carbocycles. The molecule has 1 fully saturated rings. The normalized spacial score (nSPS) is 17.3. The number of ketones is 1. The molecule has 2 aromatic carbocycles. The van der Waals surface area contributed by atoms with E-state index < -0.39 is 17.7 Å². The van der Waals surface area contributed by atoms with E-state index in [-0.39, 0.29) is 17.9 Å². The van der Waals surface area contributed by atoms with Crippen LogP contribution in [0.4, 0.5) is 0 Å². The number of aliphatic hydroxyl groups excluding tert-OH is 1. The van der Waals surface area contributed by atoms with Crippen molar-refractivity contribution in [2.75, 3.05) is 14.2 Å². The minimum absolute atomic E-state index is 0.0172. The van der Waals surface area contributed by atoms with Crippen molar-refractivity contribution in [1.29, 1.82) is 0 Å². The Morgan fingerprint density at radius 1 is 1.00 bits per heavy atom. The number of aromatic nitrogens is 1. The molecule has 1 unspecified atom stereocenters. The Balaban J connectivity index is 1.86. The maximum absolute atomic E-state index is 13.2. The highest BCUT2D eigenvalue weighted by atomic mass is 16.5. The van der Waals surface area contributed by atoms with Crippen molar-refractivity contribution in [1.82, 2.24) is 9.88 Å². The van der Waals surface area contributed by atoms with Gasteiger partial charge in [0, 0.05) is 18.9 Å². The van der Waals surface area contributed by atoms with E-state index in [4.69, 9.17) is 9.47 Å². The highest BCUT2D eigenvalue weighted by molar-refractivity contribution is 6.46. The number of likely N-dealkylation sites (tertiary alicyclic amines) is 1. The topological polar surface area (TPSA) is 89.0 Å². The summed E-state index contributed by atoms with van der Waals surface area (Å²) in [6.07, 6.45) is 3.19. The highest BCUT2D eigenvalue weighted by Gasteiger charge is 2.46. The molecule has 4 rings (SSSR count). The Morgan fingerprint density at radius 3 is 2.33 bits per heavy atom. The maximum Gasteiger partial charge on any atom is 0.295 e. The summed E-state index contributed by atoms with van der Waals surface area (Å²) < 4.78 is 10.6. The summed E-state index contributed by atoms with van der Waals surface area (Å²) in [7, 11) is 3.07. The second kappa shape index (κ2) is 9.16. The van der Waals surface area contributed by atoms with Crippen molar-refractivity contribution in [2.24, 2.45) is 0 Å². The average molecular weight is 444 g/mol. The number of carbonyl (C=O) groups is 2. The van der Waals surface area contributed by atoms with Gasteiger partial charge in [0.25, 0.3) is 11.7 Å². The summed E-state index contributed by atoms with van der Waals surface area (Å²) in [4.78, 5) is 31.9. The first kappa shape index (κ1) is 22.1. The van der Waals surface area contributed by atoms with Gasteiger partial charge in [0.15, 0.2) is 0 Å². The maximum atomic E-state index is 13.2. The number of hydrogen-bond acceptors (Lipinski definition) is 6. The van der Waals surface area contributed by atoms with Crippen LogP contribution in [0.1, 0.15) is 28.3 Å². The summed E-state index contributed by atoms with van der Waals surface area (Å²) in [6.45, 7) is 2.06. The quantitative estimate of drug-likeness (QED) is 0.351. The lowest BCUT2D eigenvalue weighted by atomic mass is 9.95. The molecule has 0 radical (unpaired) electrons. The van der Waals surface area contributed by atoms with Gasteiger partial charge in [0.1, 0.15) is 17.3 Å². The van der Waals surface area contributed by atoms with Crippen LogP contribution in [-0.4, -0.2) is 40.9 Å². The van der Waals surface area contributed by atoms with Crippen LogP contribution in [0, 0.1) is 6.92 Å². The van der Waals surface area contributed by atoms with Crippen LogP contribution in [-0.2, 0) is 16.1 Å². The summed E-state index contributed by atoms with van der Waals surface area (Å²) in [5.41, 5.74) is 2.75. The molecule has 168 valence electrons. The standard InChI is InChI=1S/C26H24N2O5/c1-16-4-9-21(33-3)20(14-16)24(29)22-23(18-10-12-27-13-11-18)28(26(31)25(22)30)15-17-5-7-19(32-2)8-6-17/h4-14,23,29H,15H2,1-3H3/b24-22+. The van der Waals surface area contributed by atoms with E-state index in [9.17, 15) is 14.7 Å². The number of aryl methyl sites for hydroxylation is 1. The molecule has 7 heteroatoms. The van der Waals surface area contributed by atoms with Crippen molar-refractivity contribution in [2.45, 2.75) is 19.5 Å². The minimum Gasteiger partial charge on any atom is -0.507 e. The van der Waals surface area contributed by atoms with E-state index >= 15 is 0 Å². The molecule has 1 aliphatic rings. The van der Waals surface area contributed by atoms with Gasteiger partial charge in [-0.05, 0) is 54.4 Å².